The zero-order valence-electron chi connectivity index (χ0n) is 13.8. The van der Waals surface area contributed by atoms with E-state index in [4.69, 9.17) is 0 Å². The molecule has 1 aliphatic heterocycles. The molecule has 3 rings (SSSR count). The van der Waals surface area contributed by atoms with Gasteiger partial charge in [0.15, 0.2) is 0 Å². The van der Waals surface area contributed by atoms with E-state index in [1.54, 1.807) is 24.2 Å². The standard InChI is InChI=1S/C18H21N3OS2/c1-14-7-3-4-8-15(14)24-18-17(19-9-10-20-18)23-13-16(22)21-11-5-2-6-12-21/h3-4,7-10H,2,5-6,11-13H2,1H3. The number of carbonyl (C=O) groups excluding carboxylic acids is 1. The Kier molecular flexibility index (Phi) is 6.15. The lowest BCUT2D eigenvalue weighted by Gasteiger charge is -2.26. The quantitative estimate of drug-likeness (QED) is 0.754. The monoisotopic (exact) mass is 359 g/mol. The van der Waals surface area contributed by atoms with Crippen LogP contribution in [0.4, 0.5) is 0 Å². The molecular weight excluding hydrogens is 338 g/mol. The van der Waals surface area contributed by atoms with Crippen molar-refractivity contribution in [3.63, 3.8) is 0 Å². The minimum atomic E-state index is 0.206. The second kappa shape index (κ2) is 8.53. The van der Waals surface area contributed by atoms with E-state index in [1.165, 1.54) is 28.6 Å². The fourth-order valence-corrected chi connectivity index (χ4v) is 4.51. The average molecular weight is 360 g/mol. The van der Waals surface area contributed by atoms with Gasteiger partial charge in [-0.25, -0.2) is 9.97 Å². The second-order valence-corrected chi connectivity index (χ2v) is 7.76. The van der Waals surface area contributed by atoms with Crippen molar-refractivity contribution >= 4 is 29.4 Å². The summed E-state index contributed by atoms with van der Waals surface area (Å²) < 4.78 is 0. The van der Waals surface area contributed by atoms with E-state index in [9.17, 15) is 4.79 Å². The van der Waals surface area contributed by atoms with Crippen LogP contribution in [0, 0.1) is 6.92 Å². The molecule has 2 aromatic rings. The Balaban J connectivity index is 1.66. The van der Waals surface area contributed by atoms with Crippen LogP contribution in [0.5, 0.6) is 0 Å². The molecule has 0 spiro atoms. The summed E-state index contributed by atoms with van der Waals surface area (Å²) >= 11 is 3.10. The summed E-state index contributed by atoms with van der Waals surface area (Å²) in [6, 6.07) is 8.23. The Morgan fingerprint density at radius 3 is 2.54 bits per heavy atom. The van der Waals surface area contributed by atoms with Crippen molar-refractivity contribution in [1.82, 2.24) is 14.9 Å². The minimum Gasteiger partial charge on any atom is -0.342 e. The van der Waals surface area contributed by atoms with E-state index in [1.807, 2.05) is 17.0 Å². The molecule has 1 saturated heterocycles. The molecule has 24 heavy (non-hydrogen) atoms. The molecule has 2 heterocycles. The van der Waals surface area contributed by atoms with Gasteiger partial charge < -0.3 is 4.90 Å². The van der Waals surface area contributed by atoms with Gasteiger partial charge in [0.25, 0.3) is 0 Å². The number of piperidine rings is 1. The summed E-state index contributed by atoms with van der Waals surface area (Å²) in [4.78, 5) is 24.4. The van der Waals surface area contributed by atoms with Crippen molar-refractivity contribution in [2.75, 3.05) is 18.8 Å². The van der Waals surface area contributed by atoms with Crippen LogP contribution in [0.2, 0.25) is 0 Å². The van der Waals surface area contributed by atoms with Crippen LogP contribution in [-0.4, -0.2) is 39.6 Å². The maximum absolute atomic E-state index is 12.3. The lowest BCUT2D eigenvalue weighted by molar-refractivity contribution is -0.129. The van der Waals surface area contributed by atoms with E-state index < -0.39 is 0 Å². The predicted octanol–water partition coefficient (Wildman–Crippen LogP) is 4.04. The van der Waals surface area contributed by atoms with Gasteiger partial charge in [-0.05, 0) is 37.8 Å². The number of aryl methyl sites for hydroxylation is 1. The fourth-order valence-electron chi connectivity index (χ4n) is 2.62. The van der Waals surface area contributed by atoms with Crippen LogP contribution < -0.4 is 0 Å². The molecule has 4 nitrogen and oxygen atoms in total. The van der Waals surface area contributed by atoms with Gasteiger partial charge in [0, 0.05) is 30.4 Å². The Morgan fingerprint density at radius 1 is 1.08 bits per heavy atom. The third-order valence-corrected chi connectivity index (χ3v) is 6.24. The topological polar surface area (TPSA) is 46.1 Å². The van der Waals surface area contributed by atoms with Gasteiger partial charge in [0.05, 0.1) is 5.75 Å². The zero-order valence-corrected chi connectivity index (χ0v) is 15.4. The number of likely N-dealkylation sites (tertiary alicyclic amines) is 1. The number of nitrogens with zero attached hydrogens (tertiary/aromatic N) is 3. The van der Waals surface area contributed by atoms with Crippen LogP contribution >= 0.6 is 23.5 Å². The second-order valence-electron chi connectivity index (χ2n) is 5.76. The van der Waals surface area contributed by atoms with E-state index in [0.29, 0.717) is 5.75 Å². The Hall–Kier alpha value is -1.53. The minimum absolute atomic E-state index is 0.206. The molecule has 1 amide bonds. The van der Waals surface area contributed by atoms with Crippen LogP contribution in [0.25, 0.3) is 0 Å². The van der Waals surface area contributed by atoms with Gasteiger partial charge in [-0.2, -0.15) is 0 Å². The lowest BCUT2D eigenvalue weighted by atomic mass is 10.1. The smallest absolute Gasteiger partial charge is 0.232 e. The molecule has 0 N–H and O–H groups in total. The molecule has 0 aliphatic carbocycles. The fraction of sp³-hybridized carbons (Fsp3) is 0.389. The third kappa shape index (κ3) is 4.51. The first-order valence-electron chi connectivity index (χ1n) is 8.19. The molecule has 0 atom stereocenters. The van der Waals surface area contributed by atoms with Crippen LogP contribution in [0.1, 0.15) is 24.8 Å². The highest BCUT2D eigenvalue weighted by molar-refractivity contribution is 8.02. The third-order valence-electron chi connectivity index (χ3n) is 3.97. The summed E-state index contributed by atoms with van der Waals surface area (Å²) in [7, 11) is 0. The van der Waals surface area contributed by atoms with Crippen molar-refractivity contribution in [3.05, 3.63) is 42.2 Å². The highest BCUT2D eigenvalue weighted by Crippen LogP contribution is 2.34. The maximum Gasteiger partial charge on any atom is 0.232 e. The van der Waals surface area contributed by atoms with Crippen LogP contribution in [-0.2, 0) is 4.79 Å². The molecule has 1 aromatic heterocycles. The number of hydrogen-bond acceptors (Lipinski definition) is 5. The number of thioether (sulfide) groups is 1. The molecule has 1 fully saturated rings. The number of amides is 1. The zero-order chi connectivity index (χ0) is 16.8. The van der Waals surface area contributed by atoms with Crippen molar-refractivity contribution in [3.8, 4) is 0 Å². The van der Waals surface area contributed by atoms with Crippen molar-refractivity contribution < 1.29 is 4.79 Å². The normalized spacial score (nSPS) is 14.6. The number of hydrogen-bond donors (Lipinski definition) is 0. The lowest BCUT2D eigenvalue weighted by Crippen LogP contribution is -2.36. The van der Waals surface area contributed by atoms with Crippen LogP contribution in [0.3, 0.4) is 0 Å². The molecule has 126 valence electrons. The van der Waals surface area contributed by atoms with E-state index in [-0.39, 0.29) is 5.91 Å². The molecule has 6 heteroatoms. The van der Waals surface area contributed by atoms with Gasteiger partial charge in [0.1, 0.15) is 10.1 Å². The average Bonchev–Trinajstić information content (AvgIpc) is 2.63. The molecular formula is C18H21N3OS2. The highest BCUT2D eigenvalue weighted by atomic mass is 32.2. The molecule has 0 radical (unpaired) electrons. The van der Waals surface area contributed by atoms with Crippen molar-refractivity contribution in [2.24, 2.45) is 0 Å². The van der Waals surface area contributed by atoms with Gasteiger partial charge >= 0.3 is 0 Å². The first kappa shape index (κ1) is 17.3. The molecule has 0 unspecified atom stereocenters. The van der Waals surface area contributed by atoms with Crippen molar-refractivity contribution in [1.29, 1.82) is 0 Å². The first-order chi connectivity index (χ1) is 11.7. The summed E-state index contributed by atoms with van der Waals surface area (Å²) in [6.07, 6.45) is 6.87. The Morgan fingerprint density at radius 2 is 1.79 bits per heavy atom. The van der Waals surface area contributed by atoms with Gasteiger partial charge in [-0.3, -0.25) is 4.79 Å². The summed E-state index contributed by atoms with van der Waals surface area (Å²) in [5, 5.41) is 1.69. The van der Waals surface area contributed by atoms with Gasteiger partial charge in [0.2, 0.25) is 5.91 Å². The number of benzene rings is 1. The number of rotatable bonds is 5. The SMILES string of the molecule is Cc1ccccc1Sc1nccnc1SCC(=O)N1CCCCC1. The number of carbonyl (C=O) groups is 1. The van der Waals surface area contributed by atoms with E-state index in [0.717, 1.165) is 36.0 Å². The first-order valence-corrected chi connectivity index (χ1v) is 9.99. The van der Waals surface area contributed by atoms with Crippen molar-refractivity contribution in [2.45, 2.75) is 41.1 Å². The highest BCUT2D eigenvalue weighted by Gasteiger charge is 2.18. The molecule has 1 aliphatic rings. The van der Waals surface area contributed by atoms with Gasteiger partial charge in [-0.15, -0.1) is 0 Å². The Labute approximate surface area is 151 Å². The van der Waals surface area contributed by atoms with E-state index in [2.05, 4.69) is 29.0 Å². The van der Waals surface area contributed by atoms with E-state index >= 15 is 0 Å². The predicted molar refractivity (Wildman–Crippen MR) is 98.5 cm³/mol. The molecule has 0 saturated carbocycles. The summed E-state index contributed by atoms with van der Waals surface area (Å²) in [6.45, 7) is 3.88. The van der Waals surface area contributed by atoms with Gasteiger partial charge in [-0.1, -0.05) is 41.7 Å². The summed E-state index contributed by atoms with van der Waals surface area (Å²) in [5.41, 5.74) is 1.22. The largest absolute Gasteiger partial charge is 0.342 e. The van der Waals surface area contributed by atoms with Crippen LogP contribution in [0.15, 0.2) is 51.6 Å². The molecule has 0 bridgehead atoms. The summed E-state index contributed by atoms with van der Waals surface area (Å²) in [5.74, 6) is 0.636. The number of aromatic nitrogens is 2. The molecule has 1 aromatic carbocycles. The Bertz CT molecular complexity index is 702. The maximum atomic E-state index is 12.3.